The van der Waals surface area contributed by atoms with Gasteiger partial charge in [0, 0.05) is 6.07 Å². The van der Waals surface area contributed by atoms with E-state index in [9.17, 15) is 10.1 Å². The van der Waals surface area contributed by atoms with Gasteiger partial charge < -0.3 is 10.1 Å². The highest BCUT2D eigenvalue weighted by molar-refractivity contribution is 6.32. The minimum Gasteiger partial charge on any atom is -0.482 e. The number of hydrogen-bond acceptors (Lipinski definition) is 4. The number of nitro groups is 1. The molecule has 1 aromatic carbocycles. The van der Waals surface area contributed by atoms with Crippen molar-refractivity contribution in [3.8, 4) is 5.75 Å². The van der Waals surface area contributed by atoms with Gasteiger partial charge in [-0.1, -0.05) is 17.7 Å². The van der Waals surface area contributed by atoms with Crippen LogP contribution < -0.4 is 10.1 Å². The van der Waals surface area contributed by atoms with Gasteiger partial charge >= 0.3 is 5.69 Å². The van der Waals surface area contributed by atoms with E-state index in [1.807, 2.05) is 0 Å². The van der Waals surface area contributed by atoms with Gasteiger partial charge in [0.05, 0.1) is 9.95 Å². The first-order chi connectivity index (χ1) is 8.18. The lowest BCUT2D eigenvalue weighted by atomic mass is 10.1. The fraction of sp³-hybridized carbons (Fsp3) is 0.455. The number of ether oxygens (including phenoxy) is 1. The maximum Gasteiger partial charge on any atom is 0.312 e. The van der Waals surface area contributed by atoms with Crippen LogP contribution in [-0.4, -0.2) is 24.1 Å². The highest BCUT2D eigenvalue weighted by Gasteiger charge is 2.23. The van der Waals surface area contributed by atoms with Gasteiger partial charge in [-0.3, -0.25) is 10.1 Å². The van der Waals surface area contributed by atoms with E-state index in [0.717, 1.165) is 25.9 Å². The number of nitro benzene ring substituents is 1. The van der Waals surface area contributed by atoms with E-state index < -0.39 is 4.92 Å². The summed E-state index contributed by atoms with van der Waals surface area (Å²) in [4.78, 5) is 10.4. The average molecular weight is 257 g/mol. The van der Waals surface area contributed by atoms with Crippen LogP contribution in [0.3, 0.4) is 0 Å². The van der Waals surface area contributed by atoms with E-state index in [0.29, 0.717) is 0 Å². The summed E-state index contributed by atoms with van der Waals surface area (Å²) < 4.78 is 5.66. The Hall–Kier alpha value is -1.33. The number of benzene rings is 1. The Balaban J connectivity index is 2.21. The van der Waals surface area contributed by atoms with Crippen LogP contribution in [0.2, 0.25) is 5.02 Å². The van der Waals surface area contributed by atoms with Gasteiger partial charge in [0.2, 0.25) is 5.75 Å². The Labute approximate surface area is 104 Å². The molecule has 1 N–H and O–H groups in total. The monoisotopic (exact) mass is 256 g/mol. The van der Waals surface area contributed by atoms with Crippen molar-refractivity contribution >= 4 is 17.3 Å². The molecule has 1 heterocycles. The van der Waals surface area contributed by atoms with Crippen molar-refractivity contribution in [2.45, 2.75) is 18.9 Å². The molecule has 1 aliphatic rings. The molecule has 0 atom stereocenters. The van der Waals surface area contributed by atoms with Crippen LogP contribution in [0.15, 0.2) is 18.2 Å². The average Bonchev–Trinajstić information content (AvgIpc) is 2.33. The third-order valence-electron chi connectivity index (χ3n) is 2.71. The zero-order valence-electron chi connectivity index (χ0n) is 9.19. The molecule has 0 amide bonds. The fourth-order valence-corrected chi connectivity index (χ4v) is 2.05. The van der Waals surface area contributed by atoms with Gasteiger partial charge in [-0.15, -0.1) is 0 Å². The molecule has 1 saturated heterocycles. The van der Waals surface area contributed by atoms with Crippen molar-refractivity contribution in [2.24, 2.45) is 0 Å². The molecule has 5 nitrogen and oxygen atoms in total. The van der Waals surface area contributed by atoms with Crippen LogP contribution >= 0.6 is 11.6 Å². The molecule has 1 aromatic rings. The van der Waals surface area contributed by atoms with Gasteiger partial charge in [-0.05, 0) is 32.0 Å². The highest BCUT2D eigenvalue weighted by atomic mass is 35.5. The first-order valence-corrected chi connectivity index (χ1v) is 5.86. The van der Waals surface area contributed by atoms with Crippen molar-refractivity contribution in [1.82, 2.24) is 5.32 Å². The molecule has 92 valence electrons. The van der Waals surface area contributed by atoms with Crippen LogP contribution in [-0.2, 0) is 0 Å². The van der Waals surface area contributed by atoms with E-state index in [1.54, 1.807) is 12.1 Å². The Morgan fingerprint density at radius 2 is 2.12 bits per heavy atom. The summed E-state index contributed by atoms with van der Waals surface area (Å²) in [6.07, 6.45) is 1.67. The molecule has 0 saturated carbocycles. The molecule has 1 aliphatic heterocycles. The number of nitrogens with one attached hydrogen (secondary N) is 1. The maximum absolute atomic E-state index is 10.9. The van der Waals surface area contributed by atoms with E-state index in [1.165, 1.54) is 6.07 Å². The van der Waals surface area contributed by atoms with E-state index in [4.69, 9.17) is 16.3 Å². The predicted octanol–water partition coefficient (Wildman–Crippen LogP) is 2.38. The predicted molar refractivity (Wildman–Crippen MR) is 64.6 cm³/mol. The minimum absolute atomic E-state index is 0.00477. The molecule has 1 fully saturated rings. The minimum atomic E-state index is -0.470. The van der Waals surface area contributed by atoms with Crippen LogP contribution in [0.4, 0.5) is 5.69 Å². The SMILES string of the molecule is O=[N+]([O-])c1cccc(Cl)c1OC1CCNCC1. The number of piperidine rings is 1. The van der Waals surface area contributed by atoms with Crippen LogP contribution in [0.5, 0.6) is 5.75 Å². The van der Waals surface area contributed by atoms with Crippen molar-refractivity contribution in [3.63, 3.8) is 0 Å². The molecular formula is C11H13ClN2O3. The fourth-order valence-electron chi connectivity index (χ4n) is 1.84. The lowest BCUT2D eigenvalue weighted by Gasteiger charge is -2.23. The van der Waals surface area contributed by atoms with Crippen molar-refractivity contribution in [2.75, 3.05) is 13.1 Å². The summed E-state index contributed by atoms with van der Waals surface area (Å²) in [7, 11) is 0. The summed E-state index contributed by atoms with van der Waals surface area (Å²) >= 11 is 5.95. The summed E-state index contributed by atoms with van der Waals surface area (Å²) in [6.45, 7) is 1.73. The Bertz CT molecular complexity index is 419. The normalized spacial score (nSPS) is 16.8. The number of rotatable bonds is 3. The molecule has 2 rings (SSSR count). The summed E-state index contributed by atoms with van der Waals surface area (Å²) in [5, 5.41) is 14.4. The second-order valence-corrected chi connectivity index (χ2v) is 4.32. The largest absolute Gasteiger partial charge is 0.482 e. The van der Waals surface area contributed by atoms with Crippen molar-refractivity contribution < 1.29 is 9.66 Å². The molecular weight excluding hydrogens is 244 g/mol. The van der Waals surface area contributed by atoms with Crippen molar-refractivity contribution in [3.05, 3.63) is 33.3 Å². The van der Waals surface area contributed by atoms with E-state index >= 15 is 0 Å². The van der Waals surface area contributed by atoms with Gasteiger partial charge in [0.25, 0.3) is 0 Å². The van der Waals surface area contributed by atoms with Gasteiger partial charge in [-0.2, -0.15) is 0 Å². The van der Waals surface area contributed by atoms with Gasteiger partial charge in [0.15, 0.2) is 0 Å². The molecule has 6 heteroatoms. The van der Waals surface area contributed by atoms with Gasteiger partial charge in [-0.25, -0.2) is 0 Å². The zero-order chi connectivity index (χ0) is 12.3. The first-order valence-electron chi connectivity index (χ1n) is 5.49. The van der Waals surface area contributed by atoms with Crippen LogP contribution in [0.1, 0.15) is 12.8 Å². The van der Waals surface area contributed by atoms with Crippen LogP contribution in [0.25, 0.3) is 0 Å². The topological polar surface area (TPSA) is 64.4 Å². The molecule has 0 unspecified atom stereocenters. The quantitative estimate of drug-likeness (QED) is 0.666. The third kappa shape index (κ3) is 2.87. The lowest BCUT2D eigenvalue weighted by Crippen LogP contribution is -2.34. The second-order valence-electron chi connectivity index (χ2n) is 3.91. The third-order valence-corrected chi connectivity index (χ3v) is 3.01. The lowest BCUT2D eigenvalue weighted by molar-refractivity contribution is -0.386. The number of halogens is 1. The summed E-state index contributed by atoms with van der Waals surface area (Å²) in [5.74, 6) is 0.186. The number of nitrogens with zero attached hydrogens (tertiary/aromatic N) is 1. The molecule has 0 aromatic heterocycles. The van der Waals surface area contributed by atoms with Gasteiger partial charge in [0.1, 0.15) is 6.10 Å². The molecule has 0 radical (unpaired) electrons. The Morgan fingerprint density at radius 1 is 1.41 bits per heavy atom. The Morgan fingerprint density at radius 3 is 2.76 bits per heavy atom. The van der Waals surface area contributed by atoms with Crippen molar-refractivity contribution in [1.29, 1.82) is 0 Å². The van der Waals surface area contributed by atoms with E-state index in [2.05, 4.69) is 5.32 Å². The number of para-hydroxylation sites is 1. The second kappa shape index (κ2) is 5.33. The molecule has 0 bridgehead atoms. The zero-order valence-corrected chi connectivity index (χ0v) is 9.94. The molecule has 17 heavy (non-hydrogen) atoms. The maximum atomic E-state index is 10.9. The molecule has 0 aliphatic carbocycles. The van der Waals surface area contributed by atoms with Crippen LogP contribution in [0, 0.1) is 10.1 Å². The smallest absolute Gasteiger partial charge is 0.312 e. The number of hydrogen-bond donors (Lipinski definition) is 1. The highest BCUT2D eigenvalue weighted by Crippen LogP contribution is 2.35. The Kier molecular flexibility index (Phi) is 3.81. The molecule has 0 spiro atoms. The first kappa shape index (κ1) is 12.1. The summed E-state index contributed by atoms with van der Waals surface area (Å²) in [6, 6.07) is 4.56. The standard InChI is InChI=1S/C11H13ClN2O3/c12-9-2-1-3-10(14(15)16)11(9)17-8-4-6-13-7-5-8/h1-3,8,13H,4-7H2. The van der Waals surface area contributed by atoms with E-state index in [-0.39, 0.29) is 22.6 Å². The summed E-state index contributed by atoms with van der Waals surface area (Å²) in [5.41, 5.74) is -0.0731.